The molecule has 0 fully saturated rings. The summed E-state index contributed by atoms with van der Waals surface area (Å²) in [6.07, 6.45) is 19.4. The van der Waals surface area contributed by atoms with Crippen molar-refractivity contribution < 1.29 is 18.1 Å². The third kappa shape index (κ3) is 4.84. The highest BCUT2D eigenvalue weighted by Gasteiger charge is 2.35. The second-order valence-electron chi connectivity index (χ2n) is 5.36. The minimum absolute atomic E-state index is 0.265. The molecule has 0 amide bonds. The van der Waals surface area contributed by atoms with E-state index < -0.39 is 13.9 Å². The molecule has 0 saturated heterocycles. The van der Waals surface area contributed by atoms with Crippen LogP contribution in [0.4, 0.5) is 0 Å². The largest absolute Gasteiger partial charge is 0.532 e. The standard InChI is InChI=1S/C18H19O4P/c19-23(20-16-10-4-1-5-11-16,21-17-12-6-2-7-13-17)22-18-14-8-3-9-15-18/h1,4,6-8,11-14,17-18H,2-3,9,15H2. The molecular formula is C18H19O4P. The molecule has 2 atom stereocenters. The Balaban J connectivity index is 1.76. The molecule has 0 aliphatic heterocycles. The summed E-state index contributed by atoms with van der Waals surface area (Å²) in [6.45, 7) is 0. The van der Waals surface area contributed by atoms with E-state index in [4.69, 9.17) is 13.6 Å². The normalized spacial score (nSPS) is 25.4. The van der Waals surface area contributed by atoms with Crippen LogP contribution in [0.5, 0.6) is 0 Å². The van der Waals surface area contributed by atoms with E-state index in [9.17, 15) is 4.57 Å². The van der Waals surface area contributed by atoms with Gasteiger partial charge in [-0.1, -0.05) is 42.2 Å². The van der Waals surface area contributed by atoms with Crippen LogP contribution in [0, 0.1) is 0 Å². The van der Waals surface area contributed by atoms with Crippen molar-refractivity contribution in [2.45, 2.75) is 37.9 Å². The van der Waals surface area contributed by atoms with Crippen molar-refractivity contribution in [2.75, 3.05) is 0 Å². The zero-order valence-corrected chi connectivity index (χ0v) is 13.7. The van der Waals surface area contributed by atoms with Crippen LogP contribution >= 0.6 is 7.82 Å². The van der Waals surface area contributed by atoms with Crippen molar-refractivity contribution in [1.82, 2.24) is 0 Å². The van der Waals surface area contributed by atoms with E-state index in [-0.39, 0.29) is 6.10 Å². The van der Waals surface area contributed by atoms with Gasteiger partial charge in [0.05, 0.1) is 6.10 Å². The van der Waals surface area contributed by atoms with Crippen LogP contribution < -0.4 is 0 Å². The minimum Gasteiger partial charge on any atom is -0.395 e. The maximum Gasteiger partial charge on any atom is 0.532 e. The van der Waals surface area contributed by atoms with Gasteiger partial charge in [0.15, 0.2) is 5.76 Å². The molecule has 23 heavy (non-hydrogen) atoms. The van der Waals surface area contributed by atoms with Crippen LogP contribution in [0.25, 0.3) is 0 Å². The van der Waals surface area contributed by atoms with Gasteiger partial charge in [-0.15, -0.1) is 5.73 Å². The summed E-state index contributed by atoms with van der Waals surface area (Å²) in [7, 11) is -3.78. The number of rotatable bonds is 6. The van der Waals surface area contributed by atoms with Crippen LogP contribution in [0.15, 0.2) is 71.9 Å². The third-order valence-corrected chi connectivity index (χ3v) is 4.93. The highest BCUT2D eigenvalue weighted by Crippen LogP contribution is 2.54. The van der Waals surface area contributed by atoms with Crippen molar-refractivity contribution in [1.29, 1.82) is 0 Å². The average molecular weight is 330 g/mol. The Morgan fingerprint density at radius 1 is 1.09 bits per heavy atom. The Morgan fingerprint density at radius 3 is 2.65 bits per heavy atom. The molecule has 0 bridgehead atoms. The van der Waals surface area contributed by atoms with E-state index in [1.807, 2.05) is 36.5 Å². The SMILES string of the molecule is O=P(OC1=C=CC=C=C1)(OC1C=CCC=C1)OC1C=CCCC1. The van der Waals surface area contributed by atoms with E-state index in [2.05, 4.69) is 11.5 Å². The van der Waals surface area contributed by atoms with Gasteiger partial charge in [0.25, 0.3) is 0 Å². The van der Waals surface area contributed by atoms with E-state index >= 15 is 0 Å². The Kier molecular flexibility index (Phi) is 5.35. The number of phosphoric ester groups is 1. The van der Waals surface area contributed by atoms with Crippen molar-refractivity contribution >= 4 is 7.82 Å². The molecule has 3 aliphatic rings. The zero-order valence-electron chi connectivity index (χ0n) is 12.8. The van der Waals surface area contributed by atoms with Crippen molar-refractivity contribution in [3.8, 4) is 0 Å². The summed E-state index contributed by atoms with van der Waals surface area (Å²) in [6, 6.07) is 0. The topological polar surface area (TPSA) is 44.8 Å². The Morgan fingerprint density at radius 2 is 1.96 bits per heavy atom. The number of hydrogen-bond acceptors (Lipinski definition) is 4. The quantitative estimate of drug-likeness (QED) is 0.395. The second kappa shape index (κ2) is 7.66. The molecule has 3 rings (SSSR count). The Bertz CT molecular complexity index is 689. The van der Waals surface area contributed by atoms with Crippen molar-refractivity contribution in [2.24, 2.45) is 0 Å². The van der Waals surface area contributed by atoms with Gasteiger partial charge in [0.2, 0.25) is 0 Å². The molecule has 0 aromatic rings. The fraction of sp³-hybridized carbons (Fsp3) is 0.333. The Hall–Kier alpha value is -1.79. The van der Waals surface area contributed by atoms with Gasteiger partial charge in [-0.3, -0.25) is 9.05 Å². The molecule has 0 spiro atoms. The molecule has 5 heteroatoms. The number of allylic oxidation sites excluding steroid dienone is 4. The number of hydrogen-bond donors (Lipinski definition) is 0. The predicted molar refractivity (Wildman–Crippen MR) is 88.6 cm³/mol. The maximum absolute atomic E-state index is 13.1. The van der Waals surface area contributed by atoms with Crippen LogP contribution in [-0.2, 0) is 18.1 Å². The molecule has 0 aromatic heterocycles. The first kappa shape index (κ1) is 16.1. The van der Waals surface area contributed by atoms with Gasteiger partial charge in [0, 0.05) is 6.08 Å². The molecular weight excluding hydrogens is 311 g/mol. The lowest BCUT2D eigenvalue weighted by Crippen LogP contribution is -2.16. The lowest BCUT2D eigenvalue weighted by Gasteiger charge is -2.25. The van der Waals surface area contributed by atoms with Gasteiger partial charge >= 0.3 is 7.82 Å². The van der Waals surface area contributed by atoms with Gasteiger partial charge < -0.3 is 4.52 Å². The van der Waals surface area contributed by atoms with Gasteiger partial charge in [-0.2, -0.15) is 0 Å². The molecule has 3 aliphatic carbocycles. The summed E-state index contributed by atoms with van der Waals surface area (Å²) in [5.74, 6) is 0.291. The Labute approximate surface area is 136 Å². The third-order valence-electron chi connectivity index (χ3n) is 3.48. The van der Waals surface area contributed by atoms with Gasteiger partial charge in [-0.25, -0.2) is 4.57 Å². The molecule has 0 radical (unpaired) electrons. The first-order valence-electron chi connectivity index (χ1n) is 7.78. The van der Waals surface area contributed by atoms with Crippen LogP contribution in [0.1, 0.15) is 25.7 Å². The first-order chi connectivity index (χ1) is 11.2. The van der Waals surface area contributed by atoms with Gasteiger partial charge in [-0.05, 0) is 37.8 Å². The van der Waals surface area contributed by atoms with Crippen LogP contribution in [0.3, 0.4) is 0 Å². The molecule has 4 nitrogen and oxygen atoms in total. The molecule has 120 valence electrons. The summed E-state index contributed by atoms with van der Waals surface area (Å²) in [5, 5.41) is 0. The van der Waals surface area contributed by atoms with Crippen LogP contribution in [-0.4, -0.2) is 12.2 Å². The summed E-state index contributed by atoms with van der Waals surface area (Å²) < 4.78 is 30.0. The molecule has 0 heterocycles. The monoisotopic (exact) mass is 330 g/mol. The second-order valence-corrected chi connectivity index (χ2v) is 6.86. The fourth-order valence-corrected chi connectivity index (χ4v) is 3.83. The van der Waals surface area contributed by atoms with E-state index in [1.54, 1.807) is 18.2 Å². The fourth-order valence-electron chi connectivity index (χ4n) is 2.40. The molecule has 2 unspecified atom stereocenters. The summed E-state index contributed by atoms with van der Waals surface area (Å²) in [4.78, 5) is 0. The molecule has 0 saturated carbocycles. The minimum atomic E-state index is -3.78. The summed E-state index contributed by atoms with van der Waals surface area (Å²) >= 11 is 0. The number of phosphoric acid groups is 1. The lowest BCUT2D eigenvalue weighted by atomic mass is 10.1. The highest BCUT2D eigenvalue weighted by atomic mass is 31.2. The average Bonchev–Trinajstić information content (AvgIpc) is 2.57. The maximum atomic E-state index is 13.1. The van der Waals surface area contributed by atoms with Crippen molar-refractivity contribution in [3.05, 3.63) is 71.9 Å². The van der Waals surface area contributed by atoms with Crippen molar-refractivity contribution in [3.63, 3.8) is 0 Å². The molecule has 0 N–H and O–H groups in total. The smallest absolute Gasteiger partial charge is 0.395 e. The van der Waals surface area contributed by atoms with E-state index in [0.717, 1.165) is 25.7 Å². The predicted octanol–water partition coefficient (Wildman–Crippen LogP) is 4.90. The summed E-state index contributed by atoms with van der Waals surface area (Å²) in [5.41, 5.74) is 5.72. The first-order valence-corrected chi connectivity index (χ1v) is 9.24. The lowest BCUT2D eigenvalue weighted by molar-refractivity contribution is 0.102. The van der Waals surface area contributed by atoms with Crippen LogP contribution in [0.2, 0.25) is 0 Å². The van der Waals surface area contributed by atoms with E-state index in [1.165, 1.54) is 0 Å². The van der Waals surface area contributed by atoms with Gasteiger partial charge in [0.1, 0.15) is 6.10 Å². The molecule has 0 aromatic carbocycles. The highest BCUT2D eigenvalue weighted by molar-refractivity contribution is 7.48. The zero-order chi connectivity index (χ0) is 16.0. The van der Waals surface area contributed by atoms with E-state index in [0.29, 0.717) is 5.76 Å².